The Hall–Kier alpha value is -2.14. The number of rotatable bonds is 2. The van der Waals surface area contributed by atoms with E-state index in [4.69, 9.17) is 0 Å². The molecule has 24 heavy (non-hydrogen) atoms. The smallest absolute Gasteiger partial charge is 0.243 e. The fraction of sp³-hybridized carbons (Fsp3) is 0.474. The lowest BCUT2D eigenvalue weighted by Gasteiger charge is -2.33. The van der Waals surface area contributed by atoms with Crippen LogP contribution in [0.1, 0.15) is 30.9 Å². The van der Waals surface area contributed by atoms with Crippen LogP contribution in [0.2, 0.25) is 0 Å². The Morgan fingerprint density at radius 1 is 1.25 bits per heavy atom. The Morgan fingerprint density at radius 2 is 2.08 bits per heavy atom. The van der Waals surface area contributed by atoms with Gasteiger partial charge in [0.05, 0.1) is 5.69 Å². The van der Waals surface area contributed by atoms with E-state index in [9.17, 15) is 4.79 Å². The second kappa shape index (κ2) is 4.93. The molecule has 3 fully saturated rings. The van der Waals surface area contributed by atoms with Crippen LogP contribution in [0.5, 0.6) is 0 Å². The quantitative estimate of drug-likeness (QED) is 0.851. The Kier molecular flexibility index (Phi) is 2.92. The molecule has 0 bridgehead atoms. The first-order valence-electron chi connectivity index (χ1n) is 8.82. The lowest BCUT2D eigenvalue weighted by molar-refractivity contribution is -0.135. The van der Waals surface area contributed by atoms with E-state index in [1.165, 1.54) is 5.56 Å². The molecule has 1 aromatic carbocycles. The van der Waals surface area contributed by atoms with Crippen molar-refractivity contribution in [3.63, 3.8) is 0 Å². The number of nitrogens with zero attached hydrogens (tertiary/aromatic N) is 4. The number of likely N-dealkylation sites (N-methyl/N-ethyl adjacent to an activating group) is 1. The van der Waals surface area contributed by atoms with Crippen molar-refractivity contribution in [1.29, 1.82) is 0 Å². The molecule has 4 heterocycles. The van der Waals surface area contributed by atoms with Crippen LogP contribution in [0, 0.1) is 5.92 Å². The van der Waals surface area contributed by atoms with Crippen LogP contribution >= 0.6 is 0 Å². The molecule has 0 aliphatic carbocycles. The summed E-state index contributed by atoms with van der Waals surface area (Å²) in [4.78, 5) is 17.3. The molecule has 2 aromatic rings. The van der Waals surface area contributed by atoms with Gasteiger partial charge in [0.25, 0.3) is 0 Å². The normalized spacial score (nSPS) is 32.4. The van der Waals surface area contributed by atoms with E-state index in [2.05, 4.69) is 34.3 Å². The highest BCUT2D eigenvalue weighted by Gasteiger charge is 2.64. The van der Waals surface area contributed by atoms with Gasteiger partial charge >= 0.3 is 0 Å². The van der Waals surface area contributed by atoms with E-state index in [1.807, 2.05) is 28.9 Å². The number of hydrogen-bond donors (Lipinski definition) is 0. The fourth-order valence-electron chi connectivity index (χ4n) is 5.29. The fourth-order valence-corrected chi connectivity index (χ4v) is 5.29. The molecular formula is C19H22N4O. The standard InChI is InChI=1S/C19H22N4O/c1-21-13-15-12-17(22-10-2-8-19(15,22)18(21)24)14-4-6-16(7-5-14)23-11-3-9-20-23/h3-7,9,11,15,17H,2,8,10,12-13H2,1H3/t15-,17-,19-/m0/s1. The third-order valence-electron chi connectivity index (χ3n) is 6.29. The number of likely N-dealkylation sites (tertiary alicyclic amines) is 1. The van der Waals surface area contributed by atoms with Gasteiger partial charge in [0, 0.05) is 37.9 Å². The summed E-state index contributed by atoms with van der Waals surface area (Å²) in [5, 5.41) is 4.29. The molecular weight excluding hydrogens is 300 g/mol. The van der Waals surface area contributed by atoms with Crippen LogP contribution in [0.25, 0.3) is 5.69 Å². The van der Waals surface area contributed by atoms with Crippen molar-refractivity contribution in [3.05, 3.63) is 48.3 Å². The van der Waals surface area contributed by atoms with Gasteiger partial charge in [-0.05, 0) is 49.6 Å². The largest absolute Gasteiger partial charge is 0.344 e. The molecule has 124 valence electrons. The summed E-state index contributed by atoms with van der Waals surface area (Å²) >= 11 is 0. The van der Waals surface area contributed by atoms with Gasteiger partial charge in [-0.3, -0.25) is 9.69 Å². The van der Waals surface area contributed by atoms with E-state index in [0.717, 1.165) is 38.0 Å². The molecule has 1 aromatic heterocycles. The molecule has 3 saturated heterocycles. The summed E-state index contributed by atoms with van der Waals surface area (Å²) in [6.07, 6.45) is 7.01. The highest BCUT2D eigenvalue weighted by Crippen LogP contribution is 2.55. The zero-order valence-corrected chi connectivity index (χ0v) is 13.9. The van der Waals surface area contributed by atoms with Crippen LogP contribution in [-0.4, -0.2) is 51.2 Å². The molecule has 3 aliphatic rings. The maximum atomic E-state index is 12.8. The minimum atomic E-state index is -0.208. The second-order valence-corrected chi connectivity index (χ2v) is 7.40. The number of amides is 1. The van der Waals surface area contributed by atoms with E-state index in [0.29, 0.717) is 17.9 Å². The van der Waals surface area contributed by atoms with E-state index >= 15 is 0 Å². The Morgan fingerprint density at radius 3 is 2.83 bits per heavy atom. The predicted octanol–water partition coefficient (Wildman–Crippen LogP) is 2.24. The molecule has 5 rings (SSSR count). The summed E-state index contributed by atoms with van der Waals surface area (Å²) < 4.78 is 1.88. The van der Waals surface area contributed by atoms with Crippen molar-refractivity contribution in [2.24, 2.45) is 5.92 Å². The molecule has 1 spiro atoms. The molecule has 0 radical (unpaired) electrons. The summed E-state index contributed by atoms with van der Waals surface area (Å²) in [6.45, 7) is 1.96. The van der Waals surface area contributed by atoms with Gasteiger partial charge in [-0.25, -0.2) is 4.68 Å². The van der Waals surface area contributed by atoms with Crippen molar-refractivity contribution in [2.75, 3.05) is 20.1 Å². The monoisotopic (exact) mass is 322 g/mol. The Labute approximate surface area is 141 Å². The number of carbonyl (C=O) groups is 1. The zero-order valence-electron chi connectivity index (χ0n) is 13.9. The minimum absolute atomic E-state index is 0.208. The molecule has 5 nitrogen and oxygen atoms in total. The third kappa shape index (κ3) is 1.73. The predicted molar refractivity (Wildman–Crippen MR) is 90.7 cm³/mol. The van der Waals surface area contributed by atoms with Gasteiger partial charge in [0.2, 0.25) is 5.91 Å². The number of aromatic nitrogens is 2. The molecule has 0 saturated carbocycles. The first kappa shape index (κ1) is 14.2. The third-order valence-corrected chi connectivity index (χ3v) is 6.29. The van der Waals surface area contributed by atoms with E-state index < -0.39 is 0 Å². The SMILES string of the molecule is CN1C[C@@H]2C[C@@H](c3ccc(-n4cccn4)cc3)N3CCC[C@@]23C1=O. The maximum Gasteiger partial charge on any atom is 0.243 e. The number of carbonyl (C=O) groups excluding carboxylic acids is 1. The molecule has 0 N–H and O–H groups in total. The van der Waals surface area contributed by atoms with Gasteiger partial charge in [-0.15, -0.1) is 0 Å². The first-order chi connectivity index (χ1) is 11.7. The molecule has 3 atom stereocenters. The van der Waals surface area contributed by atoms with Crippen LogP contribution in [0.3, 0.4) is 0 Å². The van der Waals surface area contributed by atoms with Gasteiger partial charge < -0.3 is 4.90 Å². The number of benzene rings is 1. The summed E-state index contributed by atoms with van der Waals surface area (Å²) in [5.41, 5.74) is 2.20. The van der Waals surface area contributed by atoms with Gasteiger partial charge in [-0.2, -0.15) is 5.10 Å². The van der Waals surface area contributed by atoms with Gasteiger partial charge in [-0.1, -0.05) is 12.1 Å². The highest BCUT2D eigenvalue weighted by atomic mass is 16.2. The molecule has 0 unspecified atom stereocenters. The number of hydrogen-bond acceptors (Lipinski definition) is 3. The molecule has 3 aliphatic heterocycles. The zero-order chi connectivity index (χ0) is 16.3. The van der Waals surface area contributed by atoms with Crippen LogP contribution in [0.4, 0.5) is 0 Å². The highest BCUT2D eigenvalue weighted by molar-refractivity contribution is 5.90. The maximum absolute atomic E-state index is 12.8. The van der Waals surface area contributed by atoms with Crippen molar-refractivity contribution in [3.8, 4) is 5.69 Å². The lowest BCUT2D eigenvalue weighted by atomic mass is 9.85. The lowest BCUT2D eigenvalue weighted by Crippen LogP contribution is -2.49. The average Bonchev–Trinajstić information content (AvgIpc) is 3.34. The topological polar surface area (TPSA) is 41.4 Å². The van der Waals surface area contributed by atoms with Crippen LogP contribution in [-0.2, 0) is 4.79 Å². The molecule has 5 heteroatoms. The van der Waals surface area contributed by atoms with Crippen LogP contribution in [0.15, 0.2) is 42.7 Å². The first-order valence-corrected chi connectivity index (χ1v) is 8.82. The second-order valence-electron chi connectivity index (χ2n) is 7.40. The van der Waals surface area contributed by atoms with Crippen molar-refractivity contribution >= 4 is 5.91 Å². The summed E-state index contributed by atoms with van der Waals surface area (Å²) in [5.74, 6) is 0.828. The van der Waals surface area contributed by atoms with Crippen molar-refractivity contribution in [2.45, 2.75) is 30.8 Å². The van der Waals surface area contributed by atoms with Crippen molar-refractivity contribution < 1.29 is 4.79 Å². The van der Waals surface area contributed by atoms with Crippen molar-refractivity contribution in [1.82, 2.24) is 19.6 Å². The Balaban J connectivity index is 1.47. The minimum Gasteiger partial charge on any atom is -0.344 e. The molecule has 1 amide bonds. The van der Waals surface area contributed by atoms with E-state index in [1.54, 1.807) is 6.20 Å². The summed E-state index contributed by atoms with van der Waals surface area (Å²) in [7, 11) is 1.96. The van der Waals surface area contributed by atoms with Gasteiger partial charge in [0.1, 0.15) is 5.54 Å². The van der Waals surface area contributed by atoms with Gasteiger partial charge in [0.15, 0.2) is 0 Å². The van der Waals surface area contributed by atoms with E-state index in [-0.39, 0.29) is 5.54 Å². The average molecular weight is 322 g/mol. The van der Waals surface area contributed by atoms with Crippen LogP contribution < -0.4 is 0 Å². The summed E-state index contributed by atoms with van der Waals surface area (Å²) in [6, 6.07) is 11.0. The Bertz CT molecular complexity index is 769.